The fourth-order valence-corrected chi connectivity index (χ4v) is 3.77. The van der Waals surface area contributed by atoms with Crippen LogP contribution in [0.3, 0.4) is 0 Å². The van der Waals surface area contributed by atoms with E-state index >= 15 is 0 Å². The van der Waals surface area contributed by atoms with Crippen LogP contribution >= 0.6 is 0 Å². The molecular formula is C30H34N4O4. The number of anilines is 2. The quantitative estimate of drug-likeness (QED) is 0.423. The van der Waals surface area contributed by atoms with Crippen molar-refractivity contribution in [3.8, 4) is 0 Å². The zero-order chi connectivity index (χ0) is 27.7. The molecule has 0 heterocycles. The highest BCUT2D eigenvalue weighted by molar-refractivity contribution is 6.08. The number of benzene rings is 3. The van der Waals surface area contributed by atoms with Gasteiger partial charge in [0.2, 0.25) is 11.8 Å². The number of nitrogens with one attached hydrogen (secondary N) is 2. The molecule has 8 nitrogen and oxygen atoms in total. The van der Waals surface area contributed by atoms with Gasteiger partial charge in [-0.3, -0.25) is 19.2 Å². The van der Waals surface area contributed by atoms with Crippen LogP contribution in [0.25, 0.3) is 0 Å². The van der Waals surface area contributed by atoms with Gasteiger partial charge >= 0.3 is 0 Å². The smallest absolute Gasteiger partial charge is 0.255 e. The number of hydrogen-bond donors (Lipinski definition) is 2. The minimum atomic E-state index is -0.339. The zero-order valence-corrected chi connectivity index (χ0v) is 22.3. The predicted molar refractivity (Wildman–Crippen MR) is 149 cm³/mol. The summed E-state index contributed by atoms with van der Waals surface area (Å²) in [5, 5.41) is 5.73. The summed E-state index contributed by atoms with van der Waals surface area (Å²) in [6.45, 7) is 0. The lowest BCUT2D eigenvalue weighted by atomic mass is 10.1. The van der Waals surface area contributed by atoms with Gasteiger partial charge in [0.25, 0.3) is 11.8 Å². The summed E-state index contributed by atoms with van der Waals surface area (Å²) in [6.07, 6.45) is 1.92. The Kier molecular flexibility index (Phi) is 9.76. The molecule has 0 atom stereocenters. The van der Waals surface area contributed by atoms with Crippen molar-refractivity contribution in [1.29, 1.82) is 0 Å². The van der Waals surface area contributed by atoms with Crippen molar-refractivity contribution in [3.05, 3.63) is 95.1 Å². The van der Waals surface area contributed by atoms with Gasteiger partial charge in [-0.1, -0.05) is 30.3 Å². The zero-order valence-electron chi connectivity index (χ0n) is 22.3. The van der Waals surface area contributed by atoms with Crippen LogP contribution in [0.15, 0.2) is 72.8 Å². The van der Waals surface area contributed by atoms with Gasteiger partial charge in [-0.2, -0.15) is 0 Å². The highest BCUT2D eigenvalue weighted by Crippen LogP contribution is 2.17. The van der Waals surface area contributed by atoms with Gasteiger partial charge in [-0.25, -0.2) is 0 Å². The summed E-state index contributed by atoms with van der Waals surface area (Å²) in [7, 11) is 6.89. The first kappa shape index (κ1) is 28.1. The maximum Gasteiger partial charge on any atom is 0.255 e. The van der Waals surface area contributed by atoms with E-state index in [1.165, 1.54) is 0 Å². The van der Waals surface area contributed by atoms with Crippen LogP contribution in [-0.2, 0) is 22.4 Å². The second-order valence-electron chi connectivity index (χ2n) is 9.47. The van der Waals surface area contributed by atoms with Crippen LogP contribution in [-0.4, -0.2) is 61.6 Å². The minimum Gasteiger partial charge on any atom is -0.349 e. The van der Waals surface area contributed by atoms with Crippen molar-refractivity contribution in [2.45, 2.75) is 25.7 Å². The van der Waals surface area contributed by atoms with Crippen LogP contribution < -0.4 is 10.6 Å². The van der Waals surface area contributed by atoms with Gasteiger partial charge in [-0.15, -0.1) is 0 Å². The number of nitrogens with zero attached hydrogens (tertiary/aromatic N) is 2. The Morgan fingerprint density at radius 1 is 0.579 bits per heavy atom. The van der Waals surface area contributed by atoms with Crippen molar-refractivity contribution < 1.29 is 19.2 Å². The molecule has 0 saturated heterocycles. The van der Waals surface area contributed by atoms with Gasteiger partial charge < -0.3 is 20.4 Å². The van der Waals surface area contributed by atoms with Crippen molar-refractivity contribution in [1.82, 2.24) is 9.80 Å². The van der Waals surface area contributed by atoms with E-state index in [9.17, 15) is 19.2 Å². The molecule has 0 aliphatic heterocycles. The Morgan fingerprint density at radius 2 is 0.974 bits per heavy atom. The Morgan fingerprint density at radius 3 is 1.37 bits per heavy atom. The lowest BCUT2D eigenvalue weighted by Gasteiger charge is -2.12. The normalized spacial score (nSPS) is 10.4. The highest BCUT2D eigenvalue weighted by atomic mass is 16.2. The van der Waals surface area contributed by atoms with Crippen LogP contribution in [0, 0.1) is 0 Å². The lowest BCUT2D eigenvalue weighted by Crippen LogP contribution is -2.21. The summed E-state index contributed by atoms with van der Waals surface area (Å²) in [5.41, 5.74) is 3.82. The lowest BCUT2D eigenvalue weighted by molar-refractivity contribution is -0.129. The summed E-state index contributed by atoms with van der Waals surface area (Å²) >= 11 is 0. The van der Waals surface area contributed by atoms with Crippen LogP contribution in [0.4, 0.5) is 11.4 Å². The molecule has 3 rings (SSSR count). The Bertz CT molecular complexity index is 1220. The predicted octanol–water partition coefficient (Wildman–Crippen LogP) is 4.23. The average molecular weight is 515 g/mol. The summed E-state index contributed by atoms with van der Waals surface area (Å²) in [5.74, 6) is -0.594. The van der Waals surface area contributed by atoms with E-state index in [1.54, 1.807) is 74.4 Å². The van der Waals surface area contributed by atoms with E-state index in [0.717, 1.165) is 11.1 Å². The summed E-state index contributed by atoms with van der Waals surface area (Å²) in [4.78, 5) is 52.6. The molecule has 0 aliphatic carbocycles. The van der Waals surface area contributed by atoms with E-state index in [0.29, 0.717) is 48.2 Å². The van der Waals surface area contributed by atoms with Gasteiger partial charge in [-0.05, 0) is 66.4 Å². The topological polar surface area (TPSA) is 98.8 Å². The molecule has 0 aliphatic rings. The van der Waals surface area contributed by atoms with Crippen molar-refractivity contribution in [2.75, 3.05) is 38.8 Å². The van der Waals surface area contributed by atoms with Crippen LogP contribution in [0.1, 0.15) is 44.7 Å². The maximum atomic E-state index is 12.9. The molecule has 3 aromatic rings. The standard InChI is InChI=1S/C30H34N4O4/c1-33(2)27(35)16-14-21-8-5-12-25(18-21)31-29(37)23-10-7-11-24(20-23)30(38)32-26-13-6-9-22(19-26)15-17-28(36)34(3)4/h5-13,18-20H,14-17H2,1-4H3,(H,31,37)(H,32,38). The number of hydrogen-bond acceptors (Lipinski definition) is 4. The van der Waals surface area contributed by atoms with E-state index in [1.807, 2.05) is 36.4 Å². The molecule has 198 valence electrons. The molecule has 0 bridgehead atoms. The van der Waals surface area contributed by atoms with Gasteiger partial charge in [0.15, 0.2) is 0 Å². The Labute approximate surface area is 223 Å². The molecule has 0 unspecified atom stereocenters. The van der Waals surface area contributed by atoms with Gasteiger partial charge in [0.1, 0.15) is 0 Å². The number of rotatable bonds is 10. The minimum absolute atomic E-state index is 0.0423. The largest absolute Gasteiger partial charge is 0.349 e. The van der Waals surface area contributed by atoms with E-state index in [-0.39, 0.29) is 23.6 Å². The fraction of sp³-hybridized carbons (Fsp3) is 0.267. The summed E-state index contributed by atoms with van der Waals surface area (Å²) < 4.78 is 0. The highest BCUT2D eigenvalue weighted by Gasteiger charge is 2.13. The third-order valence-electron chi connectivity index (χ3n) is 6.01. The molecule has 0 spiro atoms. The van der Waals surface area contributed by atoms with Gasteiger partial charge in [0.05, 0.1) is 0 Å². The number of aryl methyl sites for hydroxylation is 2. The molecular weight excluding hydrogens is 480 g/mol. The second-order valence-corrected chi connectivity index (χ2v) is 9.47. The SMILES string of the molecule is CN(C)C(=O)CCc1cccc(NC(=O)c2cccc(C(=O)Nc3cccc(CCC(=O)N(C)C)c3)c2)c1. The molecule has 38 heavy (non-hydrogen) atoms. The molecule has 4 amide bonds. The number of carbonyl (C=O) groups is 4. The van der Waals surface area contributed by atoms with E-state index in [4.69, 9.17) is 0 Å². The second kappa shape index (κ2) is 13.2. The molecule has 0 radical (unpaired) electrons. The Hall–Kier alpha value is -4.46. The molecule has 2 N–H and O–H groups in total. The molecule has 0 fully saturated rings. The molecule has 3 aromatic carbocycles. The summed E-state index contributed by atoms with van der Waals surface area (Å²) in [6, 6.07) is 21.3. The third kappa shape index (κ3) is 8.30. The molecule has 0 saturated carbocycles. The first-order valence-corrected chi connectivity index (χ1v) is 12.4. The van der Waals surface area contributed by atoms with Crippen molar-refractivity contribution in [3.63, 3.8) is 0 Å². The first-order valence-electron chi connectivity index (χ1n) is 12.4. The fourth-order valence-electron chi connectivity index (χ4n) is 3.77. The van der Waals surface area contributed by atoms with Crippen molar-refractivity contribution >= 4 is 35.0 Å². The number of carbonyl (C=O) groups excluding carboxylic acids is 4. The van der Waals surface area contributed by atoms with E-state index in [2.05, 4.69) is 10.6 Å². The number of amides is 4. The van der Waals surface area contributed by atoms with Crippen molar-refractivity contribution in [2.24, 2.45) is 0 Å². The monoisotopic (exact) mass is 514 g/mol. The van der Waals surface area contributed by atoms with Crippen LogP contribution in [0.5, 0.6) is 0 Å². The Balaban J connectivity index is 1.63. The van der Waals surface area contributed by atoms with Gasteiger partial charge in [0, 0.05) is 63.5 Å². The third-order valence-corrected chi connectivity index (χ3v) is 6.01. The maximum absolute atomic E-state index is 12.9. The van der Waals surface area contributed by atoms with E-state index < -0.39 is 0 Å². The molecule has 0 aromatic heterocycles. The molecule has 8 heteroatoms. The average Bonchev–Trinajstić information content (AvgIpc) is 2.90. The first-order chi connectivity index (χ1) is 18.1. The van der Waals surface area contributed by atoms with Crippen LogP contribution in [0.2, 0.25) is 0 Å².